The number of halogens is 2. The van der Waals surface area contributed by atoms with Crippen molar-refractivity contribution in [3.05, 3.63) is 29.3 Å². The van der Waals surface area contributed by atoms with Gasteiger partial charge in [-0.1, -0.05) is 50.9 Å². The molecule has 0 aliphatic carbocycles. The summed E-state index contributed by atoms with van der Waals surface area (Å²) in [6.07, 6.45) is 7.78. The first kappa shape index (κ1) is 18.2. The molecule has 0 aliphatic heterocycles. The number of carbonyl (C=O) groups is 1. The maximum absolute atomic E-state index is 13.3. The minimum atomic E-state index is -0.995. The fourth-order valence-electron chi connectivity index (χ4n) is 2.09. The highest BCUT2D eigenvalue weighted by molar-refractivity contribution is 5.90. The van der Waals surface area contributed by atoms with Crippen LogP contribution in [0, 0.1) is 23.5 Å². The van der Waals surface area contributed by atoms with E-state index in [0.29, 0.717) is 12.0 Å². The predicted molar refractivity (Wildman–Crippen MR) is 85.5 cm³/mol. The van der Waals surface area contributed by atoms with Crippen LogP contribution in [0.1, 0.15) is 64.4 Å². The number of anilines is 1. The van der Waals surface area contributed by atoms with E-state index in [1.54, 1.807) is 0 Å². The van der Waals surface area contributed by atoms with Crippen molar-refractivity contribution >= 4 is 11.6 Å². The van der Waals surface area contributed by atoms with Crippen molar-refractivity contribution in [3.63, 3.8) is 0 Å². The van der Waals surface area contributed by atoms with E-state index in [1.165, 1.54) is 32.6 Å². The normalized spacial score (nSPS) is 10.0. The Kier molecular flexibility index (Phi) is 8.21. The molecule has 120 valence electrons. The molecular formula is C18H23F2NO. The van der Waals surface area contributed by atoms with E-state index in [-0.39, 0.29) is 11.6 Å². The van der Waals surface area contributed by atoms with Gasteiger partial charge in [0.2, 0.25) is 5.91 Å². The Bertz CT molecular complexity index is 558. The van der Waals surface area contributed by atoms with E-state index < -0.39 is 11.6 Å². The molecule has 0 fully saturated rings. The molecule has 1 aromatic carbocycles. The van der Waals surface area contributed by atoms with Gasteiger partial charge in [0.05, 0.1) is 11.3 Å². The van der Waals surface area contributed by atoms with Gasteiger partial charge in [-0.2, -0.15) is 0 Å². The van der Waals surface area contributed by atoms with Crippen LogP contribution in [0.4, 0.5) is 14.5 Å². The average molecular weight is 307 g/mol. The second-order valence-corrected chi connectivity index (χ2v) is 5.31. The third-order valence-electron chi connectivity index (χ3n) is 3.25. The Morgan fingerprint density at radius 1 is 1.09 bits per heavy atom. The van der Waals surface area contributed by atoms with Gasteiger partial charge in [-0.15, -0.1) is 0 Å². The molecule has 0 aliphatic rings. The van der Waals surface area contributed by atoms with Gasteiger partial charge in [0, 0.05) is 19.4 Å². The van der Waals surface area contributed by atoms with Crippen molar-refractivity contribution in [2.45, 2.75) is 58.8 Å². The third-order valence-corrected chi connectivity index (χ3v) is 3.25. The maximum Gasteiger partial charge on any atom is 0.221 e. The number of hydrogen-bond donors (Lipinski definition) is 1. The zero-order valence-electron chi connectivity index (χ0n) is 13.3. The molecular weight excluding hydrogens is 284 g/mol. The van der Waals surface area contributed by atoms with Gasteiger partial charge in [-0.3, -0.25) is 4.79 Å². The van der Waals surface area contributed by atoms with E-state index in [4.69, 9.17) is 0 Å². The fourth-order valence-corrected chi connectivity index (χ4v) is 2.09. The second-order valence-electron chi connectivity index (χ2n) is 5.31. The molecule has 1 amide bonds. The number of benzene rings is 1. The molecule has 0 heterocycles. The topological polar surface area (TPSA) is 29.1 Å². The van der Waals surface area contributed by atoms with Crippen LogP contribution >= 0.6 is 0 Å². The predicted octanol–water partition coefficient (Wildman–Crippen LogP) is 5.03. The van der Waals surface area contributed by atoms with Crippen LogP contribution < -0.4 is 5.32 Å². The Hall–Kier alpha value is -1.89. The first-order chi connectivity index (χ1) is 10.5. The summed E-state index contributed by atoms with van der Waals surface area (Å²) in [4.78, 5) is 11.1. The molecule has 0 bridgehead atoms. The van der Waals surface area contributed by atoms with Crippen LogP contribution in [-0.4, -0.2) is 5.91 Å². The number of rotatable bonds is 7. The molecule has 1 N–H and O–H groups in total. The molecule has 0 saturated carbocycles. The largest absolute Gasteiger partial charge is 0.325 e. The fraction of sp³-hybridized carbons (Fsp3) is 0.500. The van der Waals surface area contributed by atoms with Crippen LogP contribution in [0.15, 0.2) is 12.1 Å². The number of unbranched alkanes of at least 4 members (excludes halogenated alkanes) is 6. The van der Waals surface area contributed by atoms with Crippen LogP contribution in [-0.2, 0) is 4.79 Å². The zero-order valence-corrected chi connectivity index (χ0v) is 13.3. The quantitative estimate of drug-likeness (QED) is 0.556. The Labute approximate surface area is 131 Å². The van der Waals surface area contributed by atoms with Gasteiger partial charge in [0.25, 0.3) is 0 Å². The number of carbonyl (C=O) groups excluding carboxylic acids is 1. The highest BCUT2D eigenvalue weighted by Crippen LogP contribution is 2.19. The van der Waals surface area contributed by atoms with Gasteiger partial charge in [0.1, 0.15) is 0 Å². The monoisotopic (exact) mass is 307 g/mol. The van der Waals surface area contributed by atoms with E-state index in [9.17, 15) is 13.6 Å². The molecule has 0 radical (unpaired) electrons. The summed E-state index contributed by atoms with van der Waals surface area (Å²) in [5.74, 6) is 3.48. The lowest BCUT2D eigenvalue weighted by molar-refractivity contribution is -0.114. The summed E-state index contributed by atoms with van der Waals surface area (Å²) in [7, 11) is 0. The number of nitrogens with one attached hydrogen (secondary N) is 1. The summed E-state index contributed by atoms with van der Waals surface area (Å²) >= 11 is 0. The molecule has 0 atom stereocenters. The molecule has 1 aromatic rings. The van der Waals surface area contributed by atoms with E-state index in [2.05, 4.69) is 24.1 Å². The zero-order chi connectivity index (χ0) is 16.4. The lowest BCUT2D eigenvalue weighted by Crippen LogP contribution is -2.08. The second kappa shape index (κ2) is 9.94. The highest BCUT2D eigenvalue weighted by atomic mass is 19.2. The van der Waals surface area contributed by atoms with Crippen molar-refractivity contribution in [3.8, 4) is 11.8 Å². The molecule has 1 rings (SSSR count). The summed E-state index contributed by atoms with van der Waals surface area (Å²) in [5, 5.41) is 2.47. The van der Waals surface area contributed by atoms with Crippen molar-refractivity contribution in [2.75, 3.05) is 5.32 Å². The summed E-state index contributed by atoms with van der Waals surface area (Å²) in [5.41, 5.74) is 0.516. The van der Waals surface area contributed by atoms with E-state index >= 15 is 0 Å². The minimum Gasteiger partial charge on any atom is -0.325 e. The van der Waals surface area contributed by atoms with Gasteiger partial charge >= 0.3 is 0 Å². The maximum atomic E-state index is 13.3. The van der Waals surface area contributed by atoms with Crippen LogP contribution in [0.5, 0.6) is 0 Å². The van der Waals surface area contributed by atoms with Crippen molar-refractivity contribution in [2.24, 2.45) is 0 Å². The molecule has 0 spiro atoms. The molecule has 22 heavy (non-hydrogen) atoms. The van der Waals surface area contributed by atoms with E-state index in [0.717, 1.165) is 25.0 Å². The van der Waals surface area contributed by atoms with Crippen LogP contribution in [0.25, 0.3) is 0 Å². The number of hydrogen-bond acceptors (Lipinski definition) is 1. The molecule has 2 nitrogen and oxygen atoms in total. The summed E-state index contributed by atoms with van der Waals surface area (Å²) in [6, 6.07) is 1.99. The van der Waals surface area contributed by atoms with Gasteiger partial charge in [-0.25, -0.2) is 8.78 Å². The third kappa shape index (κ3) is 6.71. The first-order valence-corrected chi connectivity index (χ1v) is 7.80. The average Bonchev–Trinajstić information content (AvgIpc) is 2.46. The standard InChI is InChI=1S/C18H23F2NO/c1-3-4-5-6-7-8-9-10-11-15-12-16(19)17(20)13-18(15)21-14(2)22/h12-13H,3-9H2,1-2H3,(H,21,22). The summed E-state index contributed by atoms with van der Waals surface area (Å²) < 4.78 is 26.5. The van der Waals surface area contributed by atoms with Crippen molar-refractivity contribution in [1.82, 2.24) is 0 Å². The SMILES string of the molecule is CCCCCCCCC#Cc1cc(F)c(F)cc1NC(C)=O. The van der Waals surface area contributed by atoms with Crippen LogP contribution in [0.3, 0.4) is 0 Å². The highest BCUT2D eigenvalue weighted by Gasteiger charge is 2.09. The lowest BCUT2D eigenvalue weighted by Gasteiger charge is -2.06. The molecule has 0 aromatic heterocycles. The number of amides is 1. The van der Waals surface area contributed by atoms with Gasteiger partial charge in [-0.05, 0) is 12.5 Å². The molecule has 0 unspecified atom stereocenters. The van der Waals surface area contributed by atoms with Crippen molar-refractivity contribution < 1.29 is 13.6 Å². The molecule has 4 heteroatoms. The van der Waals surface area contributed by atoms with Gasteiger partial charge < -0.3 is 5.32 Å². The summed E-state index contributed by atoms with van der Waals surface area (Å²) in [6.45, 7) is 3.49. The Morgan fingerprint density at radius 3 is 2.41 bits per heavy atom. The smallest absolute Gasteiger partial charge is 0.221 e. The molecule has 0 saturated heterocycles. The van der Waals surface area contributed by atoms with E-state index in [1.807, 2.05) is 0 Å². The Morgan fingerprint density at radius 2 is 1.73 bits per heavy atom. The lowest BCUT2D eigenvalue weighted by atomic mass is 10.1. The van der Waals surface area contributed by atoms with Crippen molar-refractivity contribution in [1.29, 1.82) is 0 Å². The van der Waals surface area contributed by atoms with Gasteiger partial charge in [0.15, 0.2) is 11.6 Å². The first-order valence-electron chi connectivity index (χ1n) is 7.80. The van der Waals surface area contributed by atoms with Crippen LogP contribution in [0.2, 0.25) is 0 Å². The Balaban J connectivity index is 2.59. The minimum absolute atomic E-state index is 0.210.